The highest BCUT2D eigenvalue weighted by Gasteiger charge is 2.51. The van der Waals surface area contributed by atoms with E-state index >= 15 is 0 Å². The van der Waals surface area contributed by atoms with Gasteiger partial charge in [-0.25, -0.2) is 4.79 Å². The summed E-state index contributed by atoms with van der Waals surface area (Å²) in [6, 6.07) is 13.7. The van der Waals surface area contributed by atoms with Crippen LogP contribution in [0.2, 0.25) is 5.02 Å². The van der Waals surface area contributed by atoms with Crippen LogP contribution in [0.5, 0.6) is 0 Å². The minimum Gasteiger partial charge on any atom is -0.379 e. The van der Waals surface area contributed by atoms with E-state index in [2.05, 4.69) is 5.32 Å². The van der Waals surface area contributed by atoms with Crippen LogP contribution in [-0.4, -0.2) is 66.7 Å². The average Bonchev–Trinajstić information content (AvgIpc) is 2.92. The summed E-state index contributed by atoms with van der Waals surface area (Å²) in [6.45, 7) is 3.00. The predicted molar refractivity (Wildman–Crippen MR) is 140 cm³/mol. The maximum absolute atomic E-state index is 13.8. The lowest BCUT2D eigenvalue weighted by molar-refractivity contribution is -0.152. The molecular weight excluding hydrogens is 494 g/mol. The van der Waals surface area contributed by atoms with Crippen molar-refractivity contribution < 1.29 is 23.9 Å². The van der Waals surface area contributed by atoms with Crippen LogP contribution in [0.15, 0.2) is 48.5 Å². The molecule has 0 aromatic heterocycles. The largest absolute Gasteiger partial charge is 0.379 e. The first kappa shape index (κ1) is 27.1. The molecule has 37 heavy (non-hydrogen) atoms. The molecule has 4 unspecified atom stereocenters. The number of methoxy groups -OCH3 is 2. The van der Waals surface area contributed by atoms with Crippen molar-refractivity contribution in [3.8, 4) is 0 Å². The van der Waals surface area contributed by atoms with Crippen molar-refractivity contribution in [1.82, 2.24) is 15.1 Å². The number of halogens is 1. The van der Waals surface area contributed by atoms with Crippen LogP contribution in [0.4, 0.5) is 4.79 Å². The SMILES string of the molecule is CCCNC(=O)c1ccc(CN2C(=O)C3CC(OC)C(OC)CC3N(Cc3ccccc3Cl)C2=O)cc1. The lowest BCUT2D eigenvalue weighted by Crippen LogP contribution is -2.64. The molecule has 4 atom stereocenters. The lowest BCUT2D eigenvalue weighted by atomic mass is 9.77. The maximum Gasteiger partial charge on any atom is 0.327 e. The number of nitrogens with zero attached hydrogens (tertiary/aromatic N) is 2. The fourth-order valence-electron chi connectivity index (χ4n) is 5.24. The summed E-state index contributed by atoms with van der Waals surface area (Å²) in [4.78, 5) is 42.8. The quantitative estimate of drug-likeness (QED) is 0.526. The molecule has 0 radical (unpaired) electrons. The zero-order valence-corrected chi connectivity index (χ0v) is 22.2. The van der Waals surface area contributed by atoms with Crippen molar-refractivity contribution in [3.05, 3.63) is 70.2 Å². The summed E-state index contributed by atoms with van der Waals surface area (Å²) >= 11 is 6.44. The summed E-state index contributed by atoms with van der Waals surface area (Å²) < 4.78 is 11.3. The number of imide groups is 1. The van der Waals surface area contributed by atoms with Gasteiger partial charge in [0.2, 0.25) is 5.91 Å². The third kappa shape index (κ3) is 5.81. The molecule has 1 aliphatic carbocycles. The van der Waals surface area contributed by atoms with E-state index < -0.39 is 5.92 Å². The number of carbonyl (C=O) groups is 3. The summed E-state index contributed by atoms with van der Waals surface area (Å²) in [5.41, 5.74) is 2.12. The van der Waals surface area contributed by atoms with Gasteiger partial charge < -0.3 is 19.7 Å². The molecule has 2 aromatic rings. The van der Waals surface area contributed by atoms with Crippen LogP contribution in [0, 0.1) is 5.92 Å². The second-order valence-corrected chi connectivity index (χ2v) is 9.98. The van der Waals surface area contributed by atoms with Gasteiger partial charge in [-0.05, 0) is 48.6 Å². The van der Waals surface area contributed by atoms with Gasteiger partial charge in [-0.1, -0.05) is 48.9 Å². The molecule has 2 aromatic carbocycles. The molecule has 2 fully saturated rings. The molecule has 1 aliphatic heterocycles. The van der Waals surface area contributed by atoms with Gasteiger partial charge >= 0.3 is 6.03 Å². The summed E-state index contributed by atoms with van der Waals surface area (Å²) in [5, 5.41) is 3.42. The van der Waals surface area contributed by atoms with Gasteiger partial charge in [-0.3, -0.25) is 14.5 Å². The Morgan fingerprint density at radius 2 is 1.68 bits per heavy atom. The van der Waals surface area contributed by atoms with E-state index in [0.717, 1.165) is 17.5 Å². The van der Waals surface area contributed by atoms with E-state index in [9.17, 15) is 14.4 Å². The van der Waals surface area contributed by atoms with Gasteiger partial charge in [0.1, 0.15) is 0 Å². The first-order valence-corrected chi connectivity index (χ1v) is 13.0. The minimum atomic E-state index is -0.421. The predicted octanol–water partition coefficient (Wildman–Crippen LogP) is 4.25. The molecule has 9 heteroatoms. The Kier molecular flexibility index (Phi) is 8.84. The Hall–Kier alpha value is -2.94. The van der Waals surface area contributed by atoms with E-state index in [4.69, 9.17) is 21.1 Å². The van der Waals surface area contributed by atoms with Crippen LogP contribution in [0.1, 0.15) is 47.7 Å². The Morgan fingerprint density at radius 3 is 2.32 bits per heavy atom. The Balaban J connectivity index is 1.60. The van der Waals surface area contributed by atoms with Crippen molar-refractivity contribution >= 4 is 29.4 Å². The van der Waals surface area contributed by atoms with Gasteiger partial charge in [0.05, 0.1) is 24.7 Å². The van der Waals surface area contributed by atoms with Crippen LogP contribution >= 0.6 is 11.6 Å². The third-order valence-corrected chi connectivity index (χ3v) is 7.66. The molecule has 1 heterocycles. The molecule has 4 rings (SSSR count). The number of amides is 4. The van der Waals surface area contributed by atoms with E-state index in [1.165, 1.54) is 4.90 Å². The maximum atomic E-state index is 13.8. The zero-order valence-electron chi connectivity index (χ0n) is 21.5. The van der Waals surface area contributed by atoms with Gasteiger partial charge in [-0.15, -0.1) is 0 Å². The second kappa shape index (κ2) is 12.1. The fraction of sp³-hybridized carbons (Fsp3) is 0.464. The number of benzene rings is 2. The molecule has 2 aliphatic rings. The third-order valence-electron chi connectivity index (χ3n) is 7.30. The van der Waals surface area contributed by atoms with E-state index in [0.29, 0.717) is 30.0 Å². The normalized spacial score (nSPS) is 23.7. The topological polar surface area (TPSA) is 88.2 Å². The Labute approximate surface area is 222 Å². The number of ether oxygens (including phenoxy) is 2. The molecule has 1 N–H and O–H groups in total. The van der Waals surface area contributed by atoms with Gasteiger partial charge in [-0.2, -0.15) is 0 Å². The number of carbonyl (C=O) groups excluding carboxylic acids is 3. The van der Waals surface area contributed by atoms with Crippen molar-refractivity contribution in [2.45, 2.75) is 57.5 Å². The van der Waals surface area contributed by atoms with E-state index in [-0.39, 0.29) is 49.2 Å². The minimum absolute atomic E-state index is 0.113. The molecule has 1 saturated carbocycles. The van der Waals surface area contributed by atoms with Crippen LogP contribution < -0.4 is 5.32 Å². The fourth-order valence-corrected chi connectivity index (χ4v) is 5.43. The number of urea groups is 1. The highest BCUT2D eigenvalue weighted by molar-refractivity contribution is 6.31. The standard InChI is InChI=1S/C28H34ClN3O5/c1-4-13-30-26(33)19-11-9-18(10-12-19)16-32-27(34)21-14-24(36-2)25(37-3)15-23(21)31(28(32)35)17-20-7-5-6-8-22(20)29/h5-12,21,23-25H,4,13-17H2,1-3H3,(H,30,33). The molecular formula is C28H34ClN3O5. The number of nitrogens with one attached hydrogen (secondary N) is 1. The molecule has 0 bridgehead atoms. The molecule has 0 spiro atoms. The Morgan fingerprint density at radius 1 is 1.00 bits per heavy atom. The molecule has 1 saturated heterocycles. The lowest BCUT2D eigenvalue weighted by Gasteiger charge is -2.50. The average molecular weight is 528 g/mol. The Bertz CT molecular complexity index is 1130. The molecule has 198 valence electrons. The van der Waals surface area contributed by atoms with Crippen molar-refractivity contribution in [3.63, 3.8) is 0 Å². The number of fused-ring (bicyclic) bond motifs is 1. The van der Waals surface area contributed by atoms with Crippen LogP contribution in [0.3, 0.4) is 0 Å². The monoisotopic (exact) mass is 527 g/mol. The zero-order chi connectivity index (χ0) is 26.5. The van der Waals surface area contributed by atoms with Gasteiger partial charge in [0.15, 0.2) is 0 Å². The highest BCUT2D eigenvalue weighted by Crippen LogP contribution is 2.38. The van der Waals surface area contributed by atoms with Crippen LogP contribution in [0.25, 0.3) is 0 Å². The van der Waals surface area contributed by atoms with E-state index in [1.54, 1.807) is 49.5 Å². The summed E-state index contributed by atoms with van der Waals surface area (Å²) in [7, 11) is 3.24. The number of hydrogen-bond donors (Lipinski definition) is 1. The molecule has 4 amide bonds. The second-order valence-electron chi connectivity index (χ2n) is 9.57. The van der Waals surface area contributed by atoms with Crippen molar-refractivity contribution in [1.29, 1.82) is 0 Å². The van der Waals surface area contributed by atoms with E-state index in [1.807, 2.05) is 25.1 Å². The first-order valence-electron chi connectivity index (χ1n) is 12.7. The first-order chi connectivity index (χ1) is 17.9. The summed E-state index contributed by atoms with van der Waals surface area (Å²) in [5.74, 6) is -0.782. The number of hydrogen-bond acceptors (Lipinski definition) is 5. The van der Waals surface area contributed by atoms with Crippen molar-refractivity contribution in [2.24, 2.45) is 5.92 Å². The molecule has 8 nitrogen and oxygen atoms in total. The highest BCUT2D eigenvalue weighted by atomic mass is 35.5. The van der Waals surface area contributed by atoms with Gasteiger partial charge in [0, 0.05) is 43.9 Å². The number of rotatable bonds is 9. The van der Waals surface area contributed by atoms with Crippen LogP contribution in [-0.2, 0) is 27.4 Å². The van der Waals surface area contributed by atoms with Gasteiger partial charge in [0.25, 0.3) is 5.91 Å². The summed E-state index contributed by atoms with van der Waals surface area (Å²) in [6.07, 6.45) is 1.34. The van der Waals surface area contributed by atoms with Crippen molar-refractivity contribution in [2.75, 3.05) is 20.8 Å². The smallest absolute Gasteiger partial charge is 0.327 e.